The van der Waals surface area contributed by atoms with Gasteiger partial charge in [-0.15, -0.1) is 0 Å². The van der Waals surface area contributed by atoms with Crippen LogP contribution < -0.4 is 5.32 Å². The van der Waals surface area contributed by atoms with Gasteiger partial charge in [-0.2, -0.15) is 0 Å². The number of imide groups is 1. The molecule has 0 aromatic heterocycles. The van der Waals surface area contributed by atoms with Gasteiger partial charge in [-0.1, -0.05) is 12.1 Å². The second-order valence-electron chi connectivity index (χ2n) is 4.51. The molecule has 3 rings (SSSR count). The molecule has 1 saturated heterocycles. The molecule has 1 fully saturated rings. The first-order valence-corrected chi connectivity index (χ1v) is 5.95. The number of fused-ring (bicyclic) bond motifs is 2. The van der Waals surface area contributed by atoms with E-state index in [1.165, 1.54) is 0 Å². The summed E-state index contributed by atoms with van der Waals surface area (Å²) < 4.78 is 0. The van der Waals surface area contributed by atoms with Crippen LogP contribution in [0.2, 0.25) is 0 Å². The molecule has 2 aliphatic rings. The number of benzene rings is 1. The minimum atomic E-state index is -0.661. The topological polar surface area (TPSA) is 66.5 Å². The zero-order valence-electron chi connectivity index (χ0n) is 9.68. The summed E-state index contributed by atoms with van der Waals surface area (Å²) in [6.07, 6.45) is 1.52. The van der Waals surface area contributed by atoms with Crippen molar-refractivity contribution < 1.29 is 14.4 Å². The molecule has 2 aliphatic heterocycles. The number of carbonyl (C=O) groups is 3. The number of para-hydroxylation sites is 1. The van der Waals surface area contributed by atoms with Crippen molar-refractivity contribution in [2.24, 2.45) is 0 Å². The van der Waals surface area contributed by atoms with Gasteiger partial charge in [0.15, 0.2) is 0 Å². The fourth-order valence-electron chi connectivity index (χ4n) is 2.50. The van der Waals surface area contributed by atoms with Gasteiger partial charge < -0.3 is 5.32 Å². The summed E-state index contributed by atoms with van der Waals surface area (Å²) in [6, 6.07) is 6.11. The number of piperidine rings is 1. The molecule has 0 radical (unpaired) electrons. The van der Waals surface area contributed by atoms with Gasteiger partial charge >= 0.3 is 0 Å². The van der Waals surface area contributed by atoms with Crippen molar-refractivity contribution in [1.29, 1.82) is 0 Å². The number of nitrogens with one attached hydrogen (secondary N) is 1. The van der Waals surface area contributed by atoms with E-state index in [0.717, 1.165) is 4.90 Å². The first kappa shape index (κ1) is 11.0. The Morgan fingerprint density at radius 3 is 2.78 bits per heavy atom. The number of anilines is 1. The van der Waals surface area contributed by atoms with Gasteiger partial charge in [-0.05, 0) is 25.0 Å². The highest BCUT2D eigenvalue weighted by Crippen LogP contribution is 2.28. The lowest BCUT2D eigenvalue weighted by Crippen LogP contribution is -2.51. The van der Waals surface area contributed by atoms with E-state index in [0.29, 0.717) is 30.5 Å². The molecule has 0 aliphatic carbocycles. The Morgan fingerprint density at radius 2 is 1.94 bits per heavy atom. The molecule has 0 saturated carbocycles. The van der Waals surface area contributed by atoms with Gasteiger partial charge in [0.25, 0.3) is 5.91 Å². The van der Waals surface area contributed by atoms with Crippen LogP contribution >= 0.6 is 0 Å². The lowest BCUT2D eigenvalue weighted by atomic mass is 10.0. The smallest absolute Gasteiger partial charge is 0.263 e. The molecule has 0 unspecified atom stereocenters. The molecule has 1 N–H and O–H groups in total. The third-order valence-electron chi connectivity index (χ3n) is 3.39. The minimum absolute atomic E-state index is 0.261. The summed E-state index contributed by atoms with van der Waals surface area (Å²) in [5.41, 5.74) is 0.860. The number of hydrogen-bond acceptors (Lipinski definition) is 3. The van der Waals surface area contributed by atoms with Gasteiger partial charge in [0.05, 0.1) is 11.3 Å². The third-order valence-corrected chi connectivity index (χ3v) is 3.39. The van der Waals surface area contributed by atoms with E-state index in [4.69, 9.17) is 0 Å². The first-order valence-electron chi connectivity index (χ1n) is 5.95. The molecule has 3 amide bonds. The predicted molar refractivity (Wildman–Crippen MR) is 63.9 cm³/mol. The van der Waals surface area contributed by atoms with E-state index < -0.39 is 6.04 Å². The monoisotopic (exact) mass is 244 g/mol. The highest BCUT2D eigenvalue weighted by atomic mass is 16.2. The van der Waals surface area contributed by atoms with Crippen LogP contribution in [0, 0.1) is 0 Å². The summed E-state index contributed by atoms with van der Waals surface area (Å²) in [5.74, 6) is -0.914. The number of nitrogens with zero attached hydrogens (tertiary/aromatic N) is 1. The average molecular weight is 244 g/mol. The summed E-state index contributed by atoms with van der Waals surface area (Å²) in [7, 11) is 0. The third kappa shape index (κ3) is 1.51. The van der Waals surface area contributed by atoms with Crippen LogP contribution in [-0.4, -0.2) is 28.7 Å². The van der Waals surface area contributed by atoms with Crippen LogP contribution in [0.5, 0.6) is 0 Å². The standard InChI is InChI=1S/C13H12N2O3/c16-11-7-3-6-10-12(17)14-9-5-2-1-4-8(9)13(18)15(10)11/h1-2,4-5,10H,3,6-7H2,(H,14,17)/t10-/m1/s1. The molecule has 1 atom stereocenters. The quantitative estimate of drug-likeness (QED) is 0.696. The molecule has 5 nitrogen and oxygen atoms in total. The fraction of sp³-hybridized carbons (Fsp3) is 0.308. The number of rotatable bonds is 0. The van der Waals surface area contributed by atoms with Crippen LogP contribution in [-0.2, 0) is 9.59 Å². The average Bonchev–Trinajstić information content (AvgIpc) is 2.48. The largest absolute Gasteiger partial charge is 0.324 e. The second kappa shape index (κ2) is 3.94. The molecular formula is C13H12N2O3. The minimum Gasteiger partial charge on any atom is -0.324 e. The Morgan fingerprint density at radius 1 is 1.17 bits per heavy atom. The summed E-state index contributed by atoms with van der Waals surface area (Å²) in [6.45, 7) is 0. The van der Waals surface area contributed by atoms with Crippen molar-refractivity contribution in [2.45, 2.75) is 25.3 Å². The predicted octanol–water partition coefficient (Wildman–Crippen LogP) is 1.16. The van der Waals surface area contributed by atoms with Crippen LogP contribution in [0.25, 0.3) is 0 Å². The molecule has 2 heterocycles. The fourth-order valence-corrected chi connectivity index (χ4v) is 2.50. The molecule has 1 aromatic carbocycles. The molecule has 0 spiro atoms. The SMILES string of the molecule is O=C1Nc2ccccc2C(=O)N2C(=O)CCC[C@H]12. The number of carbonyl (C=O) groups excluding carboxylic acids is 3. The van der Waals surface area contributed by atoms with E-state index in [1.807, 2.05) is 0 Å². The second-order valence-corrected chi connectivity index (χ2v) is 4.51. The van der Waals surface area contributed by atoms with Gasteiger partial charge in [0.2, 0.25) is 11.8 Å². The lowest BCUT2D eigenvalue weighted by molar-refractivity contribution is -0.138. The van der Waals surface area contributed by atoms with Crippen LogP contribution in [0.15, 0.2) is 24.3 Å². The maximum atomic E-state index is 12.3. The van der Waals surface area contributed by atoms with Crippen LogP contribution in [0.3, 0.4) is 0 Å². The molecule has 0 bridgehead atoms. The molecule has 92 valence electrons. The van der Waals surface area contributed by atoms with Crippen LogP contribution in [0.1, 0.15) is 29.6 Å². The Labute approximate surface area is 104 Å². The summed E-state index contributed by atoms with van der Waals surface area (Å²) in [5, 5.41) is 2.72. The Kier molecular flexibility index (Phi) is 2.40. The van der Waals surface area contributed by atoms with E-state index >= 15 is 0 Å². The van der Waals surface area contributed by atoms with Gasteiger partial charge in [0, 0.05) is 6.42 Å². The zero-order valence-corrected chi connectivity index (χ0v) is 9.68. The molecular weight excluding hydrogens is 232 g/mol. The van der Waals surface area contributed by atoms with Crippen molar-refractivity contribution in [3.05, 3.63) is 29.8 Å². The van der Waals surface area contributed by atoms with Gasteiger partial charge in [-0.25, -0.2) is 0 Å². The Bertz CT molecular complexity index is 553. The lowest BCUT2D eigenvalue weighted by Gasteiger charge is -2.30. The van der Waals surface area contributed by atoms with E-state index in [2.05, 4.69) is 5.32 Å². The highest BCUT2D eigenvalue weighted by Gasteiger charge is 2.40. The number of amides is 3. The molecule has 1 aromatic rings. The zero-order chi connectivity index (χ0) is 12.7. The molecule has 18 heavy (non-hydrogen) atoms. The Balaban J connectivity index is 2.12. The Hall–Kier alpha value is -2.17. The van der Waals surface area contributed by atoms with Gasteiger partial charge in [0.1, 0.15) is 6.04 Å². The van der Waals surface area contributed by atoms with Crippen molar-refractivity contribution in [3.63, 3.8) is 0 Å². The summed E-state index contributed by atoms with van der Waals surface area (Å²) >= 11 is 0. The van der Waals surface area contributed by atoms with Gasteiger partial charge in [-0.3, -0.25) is 19.3 Å². The highest BCUT2D eigenvalue weighted by molar-refractivity contribution is 6.15. The van der Waals surface area contributed by atoms with Crippen molar-refractivity contribution in [1.82, 2.24) is 4.90 Å². The van der Waals surface area contributed by atoms with E-state index in [9.17, 15) is 14.4 Å². The van der Waals surface area contributed by atoms with Crippen molar-refractivity contribution in [2.75, 3.05) is 5.32 Å². The van der Waals surface area contributed by atoms with Crippen molar-refractivity contribution >= 4 is 23.4 Å². The maximum Gasteiger partial charge on any atom is 0.263 e. The van der Waals surface area contributed by atoms with Crippen molar-refractivity contribution in [3.8, 4) is 0 Å². The molecule has 5 heteroatoms. The van der Waals surface area contributed by atoms with E-state index in [-0.39, 0.29) is 17.7 Å². The number of hydrogen-bond donors (Lipinski definition) is 1. The van der Waals surface area contributed by atoms with Crippen LogP contribution in [0.4, 0.5) is 5.69 Å². The maximum absolute atomic E-state index is 12.3. The normalized spacial score (nSPS) is 23.0. The first-order chi connectivity index (χ1) is 8.68. The summed E-state index contributed by atoms with van der Waals surface area (Å²) in [4.78, 5) is 37.4. The van der Waals surface area contributed by atoms with E-state index in [1.54, 1.807) is 24.3 Å².